The fourth-order valence-electron chi connectivity index (χ4n) is 4.80. The second-order valence-electron chi connectivity index (χ2n) is 10.8. The fraction of sp³-hybridized carbons (Fsp3) is 0.242. The first-order chi connectivity index (χ1) is 22.3. The number of benzene rings is 4. The molecule has 0 aromatic heterocycles. The molecular weight excluding hydrogens is 728 g/mol. The molecule has 0 saturated carbocycles. The Morgan fingerprint density at radius 2 is 1.46 bits per heavy atom. The maximum Gasteiger partial charge on any atom is 0.461 e. The SMILES string of the molecule is CC(C)Oc1cc(C(Cc2ccc(Br)cc2)(NC(=O)c2ccc(F)c(C(F)(F)F)c2)c2cc(F)cc(OC(F)(F)C(F)F)c2)ccc1F. The van der Waals surface area contributed by atoms with Gasteiger partial charge in [0.25, 0.3) is 5.91 Å². The minimum atomic E-state index is -5.21. The summed E-state index contributed by atoms with van der Waals surface area (Å²) in [6.45, 7) is 3.13. The molecule has 1 atom stereocenters. The number of hydrogen-bond donors (Lipinski definition) is 1. The third-order valence-corrected chi connectivity index (χ3v) is 7.43. The molecule has 0 aliphatic rings. The number of hydrogen-bond acceptors (Lipinski definition) is 3. The number of nitrogens with one attached hydrogen (secondary N) is 1. The Morgan fingerprint density at radius 3 is 2.06 bits per heavy atom. The van der Waals surface area contributed by atoms with Crippen LogP contribution in [0.1, 0.15) is 46.5 Å². The fourth-order valence-corrected chi connectivity index (χ4v) is 5.06. The number of halogens is 11. The minimum absolute atomic E-state index is 0.105. The highest BCUT2D eigenvalue weighted by Gasteiger charge is 2.45. The van der Waals surface area contributed by atoms with Gasteiger partial charge in [0, 0.05) is 22.5 Å². The Morgan fingerprint density at radius 1 is 0.812 bits per heavy atom. The van der Waals surface area contributed by atoms with Gasteiger partial charge in [-0.3, -0.25) is 4.79 Å². The van der Waals surface area contributed by atoms with Gasteiger partial charge in [0.05, 0.1) is 17.2 Å². The highest BCUT2D eigenvalue weighted by Crippen LogP contribution is 2.40. The lowest BCUT2D eigenvalue weighted by Crippen LogP contribution is -2.49. The van der Waals surface area contributed by atoms with E-state index < -0.39 is 82.6 Å². The van der Waals surface area contributed by atoms with Gasteiger partial charge in [-0.1, -0.05) is 34.1 Å². The number of carbonyl (C=O) groups is 1. The number of ether oxygens (including phenoxy) is 2. The van der Waals surface area contributed by atoms with E-state index in [-0.39, 0.29) is 17.4 Å². The normalized spacial score (nSPS) is 13.4. The molecule has 1 amide bonds. The lowest BCUT2D eigenvalue weighted by molar-refractivity contribution is -0.253. The van der Waals surface area contributed by atoms with E-state index in [1.165, 1.54) is 12.1 Å². The van der Waals surface area contributed by atoms with Crippen LogP contribution >= 0.6 is 15.9 Å². The van der Waals surface area contributed by atoms with E-state index in [0.29, 0.717) is 22.2 Å². The van der Waals surface area contributed by atoms with Gasteiger partial charge in [-0.2, -0.15) is 30.7 Å². The maximum atomic E-state index is 15.2. The smallest absolute Gasteiger partial charge is 0.461 e. The topological polar surface area (TPSA) is 47.6 Å². The monoisotopic (exact) mass is 751 g/mol. The zero-order valence-electron chi connectivity index (χ0n) is 24.7. The first kappa shape index (κ1) is 36.6. The molecule has 4 rings (SSSR count). The Kier molecular flexibility index (Phi) is 10.7. The van der Waals surface area contributed by atoms with Crippen molar-refractivity contribution in [3.63, 3.8) is 0 Å². The van der Waals surface area contributed by atoms with E-state index >= 15 is 4.39 Å². The minimum Gasteiger partial charge on any atom is -0.488 e. The predicted molar refractivity (Wildman–Crippen MR) is 158 cm³/mol. The van der Waals surface area contributed by atoms with E-state index in [9.17, 15) is 44.3 Å². The quantitative estimate of drug-likeness (QED) is 0.155. The Labute approximate surface area is 275 Å². The van der Waals surface area contributed by atoms with Crippen LogP contribution in [0.15, 0.2) is 83.3 Å². The molecule has 1 N–H and O–H groups in total. The molecule has 15 heteroatoms. The molecule has 1 unspecified atom stereocenters. The molecule has 0 heterocycles. The molecule has 48 heavy (non-hydrogen) atoms. The van der Waals surface area contributed by atoms with Crippen molar-refractivity contribution in [3.8, 4) is 11.5 Å². The number of carbonyl (C=O) groups excluding carboxylic acids is 1. The van der Waals surface area contributed by atoms with Crippen LogP contribution in [-0.4, -0.2) is 24.5 Å². The molecule has 0 bridgehead atoms. The predicted octanol–water partition coefficient (Wildman–Crippen LogP) is 9.83. The van der Waals surface area contributed by atoms with Gasteiger partial charge in [-0.15, -0.1) is 0 Å². The lowest BCUT2D eigenvalue weighted by Gasteiger charge is -2.37. The van der Waals surface area contributed by atoms with Crippen LogP contribution in [0.4, 0.5) is 43.9 Å². The molecule has 0 radical (unpaired) electrons. The molecule has 4 aromatic rings. The average molecular weight is 752 g/mol. The molecule has 0 spiro atoms. The average Bonchev–Trinajstić information content (AvgIpc) is 2.97. The largest absolute Gasteiger partial charge is 0.488 e. The van der Waals surface area contributed by atoms with Crippen molar-refractivity contribution in [3.05, 3.63) is 129 Å². The molecular formula is C33H24BrF10NO3. The summed E-state index contributed by atoms with van der Waals surface area (Å²) in [5.74, 6) is -6.64. The van der Waals surface area contributed by atoms with E-state index in [1.807, 2.05) is 0 Å². The Bertz CT molecular complexity index is 1780. The van der Waals surface area contributed by atoms with Gasteiger partial charge in [-0.25, -0.2) is 13.2 Å². The zero-order chi connectivity index (χ0) is 35.6. The van der Waals surface area contributed by atoms with Crippen LogP contribution in [0.2, 0.25) is 0 Å². The summed E-state index contributed by atoms with van der Waals surface area (Å²) in [5, 5.41) is 2.50. The van der Waals surface area contributed by atoms with Crippen LogP contribution in [0.25, 0.3) is 0 Å². The van der Waals surface area contributed by atoms with Crippen molar-refractivity contribution < 1.29 is 58.2 Å². The van der Waals surface area contributed by atoms with Gasteiger partial charge >= 0.3 is 18.7 Å². The third kappa shape index (κ3) is 8.41. The summed E-state index contributed by atoms with van der Waals surface area (Å²) >= 11 is 3.26. The highest BCUT2D eigenvalue weighted by atomic mass is 79.9. The van der Waals surface area contributed by atoms with E-state index in [0.717, 1.165) is 36.4 Å². The second kappa shape index (κ2) is 14.1. The zero-order valence-corrected chi connectivity index (χ0v) is 26.3. The maximum absolute atomic E-state index is 15.2. The first-order valence-electron chi connectivity index (χ1n) is 13.9. The van der Waals surface area contributed by atoms with Gasteiger partial charge in [-0.05, 0) is 85.1 Å². The van der Waals surface area contributed by atoms with Crippen molar-refractivity contribution in [1.82, 2.24) is 5.32 Å². The summed E-state index contributed by atoms with van der Waals surface area (Å²) in [6.07, 6.45) is -15.6. The van der Waals surface area contributed by atoms with Crippen molar-refractivity contribution in [1.29, 1.82) is 0 Å². The van der Waals surface area contributed by atoms with Gasteiger partial charge < -0.3 is 14.8 Å². The molecule has 256 valence electrons. The summed E-state index contributed by atoms with van der Waals surface area (Å²) in [4.78, 5) is 13.8. The van der Waals surface area contributed by atoms with E-state index in [1.54, 1.807) is 26.0 Å². The first-order valence-corrected chi connectivity index (χ1v) is 14.7. The summed E-state index contributed by atoms with van der Waals surface area (Å²) in [5.41, 5.74) is -4.87. The summed E-state index contributed by atoms with van der Waals surface area (Å²) in [6, 6.07) is 12.5. The van der Waals surface area contributed by atoms with E-state index in [4.69, 9.17) is 4.74 Å². The van der Waals surface area contributed by atoms with Crippen LogP contribution in [0.5, 0.6) is 11.5 Å². The van der Waals surface area contributed by atoms with E-state index in [2.05, 4.69) is 26.0 Å². The Balaban J connectivity index is 2.03. The van der Waals surface area contributed by atoms with Crippen LogP contribution in [0.3, 0.4) is 0 Å². The number of rotatable bonds is 11. The van der Waals surface area contributed by atoms with Crippen LogP contribution in [-0.2, 0) is 18.1 Å². The second-order valence-corrected chi connectivity index (χ2v) is 11.7. The number of alkyl halides is 7. The highest BCUT2D eigenvalue weighted by molar-refractivity contribution is 9.10. The molecule has 0 aliphatic carbocycles. The third-order valence-electron chi connectivity index (χ3n) is 6.90. The summed E-state index contributed by atoms with van der Waals surface area (Å²) in [7, 11) is 0. The van der Waals surface area contributed by atoms with Crippen molar-refractivity contribution in [2.75, 3.05) is 0 Å². The van der Waals surface area contributed by atoms with Crippen molar-refractivity contribution in [2.45, 2.75) is 50.6 Å². The number of amides is 1. The molecule has 4 nitrogen and oxygen atoms in total. The Hall–Kier alpha value is -4.27. The molecule has 0 saturated heterocycles. The van der Waals surface area contributed by atoms with Crippen LogP contribution in [0, 0.1) is 17.5 Å². The van der Waals surface area contributed by atoms with Crippen LogP contribution < -0.4 is 14.8 Å². The van der Waals surface area contributed by atoms with Crippen molar-refractivity contribution in [2.24, 2.45) is 0 Å². The van der Waals surface area contributed by atoms with Crippen molar-refractivity contribution >= 4 is 21.8 Å². The standard InChI is InChI=1S/C33H24BrF10NO3/c1-17(2)47-28-14-20(6-10-27(28)37)31(16-18-3-7-22(34)8-4-18,21-12-23(35)15-24(13-21)48-33(43,44)30(38)39)45-29(46)19-5-9-26(36)25(11-19)32(40,41)42/h3-15,17,30H,16H2,1-2H3,(H,45,46). The molecule has 0 aliphatic heterocycles. The molecule has 0 fully saturated rings. The lowest BCUT2D eigenvalue weighted by atomic mass is 9.77. The van der Waals surface area contributed by atoms with Gasteiger partial charge in [0.1, 0.15) is 17.4 Å². The van der Waals surface area contributed by atoms with Gasteiger partial charge in [0.2, 0.25) is 0 Å². The summed E-state index contributed by atoms with van der Waals surface area (Å²) < 4.78 is 149. The van der Waals surface area contributed by atoms with Gasteiger partial charge in [0.15, 0.2) is 11.6 Å². The molecule has 4 aromatic carbocycles.